The first-order valence-electron chi connectivity index (χ1n) is 5.66. The minimum atomic E-state index is -2.78. The fraction of sp³-hybridized carbons (Fsp3) is 0.500. The van der Waals surface area contributed by atoms with Crippen molar-refractivity contribution in [2.24, 2.45) is 0 Å². The van der Waals surface area contributed by atoms with E-state index in [2.05, 4.69) is 15.1 Å². The normalized spacial score (nSPS) is 13.9. The Labute approximate surface area is 113 Å². The maximum atomic E-state index is 12.9. The zero-order valence-electron chi connectivity index (χ0n) is 10.5. The van der Waals surface area contributed by atoms with Crippen molar-refractivity contribution in [1.82, 2.24) is 19.6 Å². The van der Waals surface area contributed by atoms with Crippen LogP contribution in [0.3, 0.4) is 0 Å². The van der Waals surface area contributed by atoms with Gasteiger partial charge in [0.15, 0.2) is 5.65 Å². The lowest BCUT2D eigenvalue weighted by molar-refractivity contribution is -0.0399. The molecule has 1 N–H and O–H groups in total. The zero-order chi connectivity index (χ0) is 14.7. The maximum absolute atomic E-state index is 12.9. The second-order valence-electron chi connectivity index (χ2n) is 4.05. The Hall–Kier alpha value is -1.57. The van der Waals surface area contributed by atoms with Gasteiger partial charge >= 0.3 is 8.03 Å². The van der Waals surface area contributed by atoms with E-state index in [4.69, 9.17) is 9.63 Å². The third kappa shape index (κ3) is 3.30. The molecule has 1 unspecified atom stereocenters. The van der Waals surface area contributed by atoms with Crippen LogP contribution in [0, 0.1) is 6.92 Å². The molecule has 0 aliphatic heterocycles. The van der Waals surface area contributed by atoms with Gasteiger partial charge in [-0.3, -0.25) is 0 Å². The van der Waals surface area contributed by atoms with Gasteiger partial charge in [-0.1, -0.05) is 0 Å². The Morgan fingerprint density at radius 3 is 2.90 bits per heavy atom. The molecule has 2 heterocycles. The van der Waals surface area contributed by atoms with Gasteiger partial charge in [-0.15, -0.1) is 0 Å². The number of aryl methyl sites for hydroxylation is 1. The van der Waals surface area contributed by atoms with E-state index < -0.39 is 26.9 Å². The minimum Gasteiger partial charge on any atom is -0.325 e. The lowest BCUT2D eigenvalue weighted by Crippen LogP contribution is -2.24. The molecule has 10 heteroatoms. The SMILES string of the molecule is Cc1ncnc2c(C[C@H](OC[P+](=O)O)C(F)F)cnn12. The summed E-state index contributed by atoms with van der Waals surface area (Å²) in [7, 11) is -2.61. The Morgan fingerprint density at radius 1 is 1.50 bits per heavy atom. The second kappa shape index (κ2) is 6.25. The molecule has 0 aliphatic rings. The summed E-state index contributed by atoms with van der Waals surface area (Å²) in [4.78, 5) is 16.5. The fourth-order valence-corrected chi connectivity index (χ4v) is 2.03. The number of hydrogen-bond donors (Lipinski definition) is 1. The fourth-order valence-electron chi connectivity index (χ4n) is 1.71. The molecule has 0 fully saturated rings. The largest absolute Gasteiger partial charge is 0.534 e. The number of halogens is 2. The monoisotopic (exact) mass is 305 g/mol. The van der Waals surface area contributed by atoms with Crippen molar-refractivity contribution in [2.45, 2.75) is 25.9 Å². The van der Waals surface area contributed by atoms with Crippen molar-refractivity contribution in [3.05, 3.63) is 23.9 Å². The molecule has 0 amide bonds. The first-order valence-corrected chi connectivity index (χ1v) is 7.06. The summed E-state index contributed by atoms with van der Waals surface area (Å²) in [5, 5.41) is 4.01. The van der Waals surface area contributed by atoms with Crippen LogP contribution in [0.25, 0.3) is 5.65 Å². The lowest BCUT2D eigenvalue weighted by atomic mass is 10.1. The van der Waals surface area contributed by atoms with Gasteiger partial charge in [-0.05, 0) is 11.5 Å². The van der Waals surface area contributed by atoms with Crippen molar-refractivity contribution in [3.8, 4) is 0 Å². The maximum Gasteiger partial charge on any atom is 0.534 e. The van der Waals surface area contributed by atoms with Crippen LogP contribution in [0.4, 0.5) is 8.78 Å². The predicted octanol–water partition coefficient (Wildman–Crippen LogP) is 1.32. The average molecular weight is 305 g/mol. The number of nitrogens with zero attached hydrogens (tertiary/aromatic N) is 4. The van der Waals surface area contributed by atoms with Crippen molar-refractivity contribution in [3.63, 3.8) is 0 Å². The van der Waals surface area contributed by atoms with Crippen LogP contribution in [0.2, 0.25) is 0 Å². The van der Waals surface area contributed by atoms with Crippen molar-refractivity contribution in [1.29, 1.82) is 0 Å². The van der Waals surface area contributed by atoms with Crippen molar-refractivity contribution < 1.29 is 23.0 Å². The van der Waals surface area contributed by atoms with E-state index in [1.54, 1.807) is 6.92 Å². The van der Waals surface area contributed by atoms with Crippen LogP contribution in [-0.2, 0) is 15.7 Å². The number of fused-ring (bicyclic) bond motifs is 1. The van der Waals surface area contributed by atoms with E-state index in [0.29, 0.717) is 17.0 Å². The topological polar surface area (TPSA) is 89.6 Å². The van der Waals surface area contributed by atoms with Gasteiger partial charge in [0.25, 0.3) is 12.8 Å². The molecule has 0 radical (unpaired) electrons. The van der Waals surface area contributed by atoms with Crippen LogP contribution in [0.15, 0.2) is 12.5 Å². The van der Waals surface area contributed by atoms with Gasteiger partial charge in [-0.2, -0.15) is 9.99 Å². The molecular weight excluding hydrogens is 293 g/mol. The molecule has 0 bridgehead atoms. The molecule has 20 heavy (non-hydrogen) atoms. The molecule has 108 valence electrons. The molecule has 2 aromatic heterocycles. The van der Waals surface area contributed by atoms with E-state index in [9.17, 15) is 13.3 Å². The van der Waals surface area contributed by atoms with Gasteiger partial charge in [0.1, 0.15) is 18.3 Å². The van der Waals surface area contributed by atoms with Crippen LogP contribution in [-0.4, -0.2) is 43.4 Å². The number of rotatable bonds is 6. The predicted molar refractivity (Wildman–Crippen MR) is 64.8 cm³/mol. The number of alkyl halides is 2. The summed E-state index contributed by atoms with van der Waals surface area (Å²) in [6, 6.07) is 0. The molecule has 2 rings (SSSR count). The highest BCUT2D eigenvalue weighted by atomic mass is 31.1. The summed E-state index contributed by atoms with van der Waals surface area (Å²) in [5.74, 6) is 0.578. The smallest absolute Gasteiger partial charge is 0.325 e. The molecule has 0 aliphatic carbocycles. The summed E-state index contributed by atoms with van der Waals surface area (Å²) in [6.45, 7) is 1.71. The van der Waals surface area contributed by atoms with E-state index in [0.717, 1.165) is 0 Å². The molecule has 2 aromatic rings. The number of hydrogen-bond acceptors (Lipinski definition) is 5. The first-order chi connectivity index (χ1) is 9.49. The molecular formula is C10H12F2N4O3P+. The standard InChI is InChI=1S/C10H11F2N4O3P/c1-6-13-4-14-10-7(3-15-16(6)10)2-8(9(11)12)19-5-20(17)18/h3-4,8-9H,2,5H2,1H3/p+1/t8-/m0/s1. The molecule has 0 aromatic carbocycles. The summed E-state index contributed by atoms with van der Waals surface area (Å²) in [5.41, 5.74) is 0.883. The van der Waals surface area contributed by atoms with Gasteiger partial charge in [0.2, 0.25) is 0 Å². The van der Waals surface area contributed by atoms with Crippen molar-refractivity contribution >= 4 is 13.7 Å². The van der Waals surface area contributed by atoms with Crippen LogP contribution < -0.4 is 0 Å². The summed E-state index contributed by atoms with van der Waals surface area (Å²) >= 11 is 0. The minimum absolute atomic E-state index is 0.152. The van der Waals surface area contributed by atoms with Crippen LogP contribution in [0.5, 0.6) is 0 Å². The molecule has 2 atom stereocenters. The Bertz CT molecular complexity index is 622. The quantitative estimate of drug-likeness (QED) is 0.810. The highest BCUT2D eigenvalue weighted by Crippen LogP contribution is 2.20. The second-order valence-corrected chi connectivity index (χ2v) is 5.01. The Morgan fingerprint density at radius 2 is 2.25 bits per heavy atom. The van der Waals surface area contributed by atoms with Crippen LogP contribution >= 0.6 is 8.03 Å². The Balaban J connectivity index is 2.20. The summed E-state index contributed by atoms with van der Waals surface area (Å²) in [6.07, 6.45) is -2.31. The molecule has 0 saturated heterocycles. The van der Waals surface area contributed by atoms with E-state index in [1.807, 2.05) is 0 Å². The van der Waals surface area contributed by atoms with E-state index in [1.165, 1.54) is 17.0 Å². The van der Waals surface area contributed by atoms with Gasteiger partial charge < -0.3 is 4.74 Å². The average Bonchev–Trinajstić information content (AvgIpc) is 2.78. The third-order valence-electron chi connectivity index (χ3n) is 2.65. The van der Waals surface area contributed by atoms with Crippen molar-refractivity contribution in [2.75, 3.05) is 6.35 Å². The molecule has 0 saturated carbocycles. The van der Waals surface area contributed by atoms with Gasteiger partial charge in [-0.25, -0.2) is 23.3 Å². The first kappa shape index (κ1) is 14.8. The zero-order valence-corrected chi connectivity index (χ0v) is 11.4. The molecule has 0 spiro atoms. The van der Waals surface area contributed by atoms with Gasteiger partial charge in [0.05, 0.1) is 6.20 Å². The number of aromatic nitrogens is 4. The Kier molecular flexibility index (Phi) is 4.64. The third-order valence-corrected chi connectivity index (χ3v) is 3.02. The number of ether oxygens (including phenoxy) is 1. The van der Waals surface area contributed by atoms with E-state index >= 15 is 0 Å². The highest BCUT2D eigenvalue weighted by molar-refractivity contribution is 7.37. The highest BCUT2D eigenvalue weighted by Gasteiger charge is 2.27. The van der Waals surface area contributed by atoms with Crippen LogP contribution in [0.1, 0.15) is 11.4 Å². The van der Waals surface area contributed by atoms with Gasteiger partial charge in [0, 0.05) is 12.0 Å². The lowest BCUT2D eigenvalue weighted by Gasteiger charge is -2.12. The summed E-state index contributed by atoms with van der Waals surface area (Å²) < 4.78 is 42.4. The molecule has 7 nitrogen and oxygen atoms in total. The van der Waals surface area contributed by atoms with E-state index in [-0.39, 0.29) is 6.42 Å².